The minimum absolute atomic E-state index is 0.121. The number of amides is 1. The zero-order valence-electron chi connectivity index (χ0n) is 11.9. The predicted molar refractivity (Wildman–Crippen MR) is 76.3 cm³/mol. The lowest BCUT2D eigenvalue weighted by Gasteiger charge is -2.20. The van der Waals surface area contributed by atoms with Crippen LogP contribution >= 0.6 is 0 Å². The van der Waals surface area contributed by atoms with E-state index in [0.29, 0.717) is 17.1 Å². The van der Waals surface area contributed by atoms with Crippen molar-refractivity contribution in [3.63, 3.8) is 0 Å². The van der Waals surface area contributed by atoms with Crippen LogP contribution in [0.5, 0.6) is 11.5 Å². The molecule has 112 valence electrons. The number of benzene rings is 1. The van der Waals surface area contributed by atoms with Gasteiger partial charge in [-0.3, -0.25) is 9.59 Å². The van der Waals surface area contributed by atoms with Crippen LogP contribution in [-0.2, 0) is 9.59 Å². The highest BCUT2D eigenvalue weighted by molar-refractivity contribution is 5.99. The van der Waals surface area contributed by atoms with Gasteiger partial charge in [0.15, 0.2) is 11.5 Å². The lowest BCUT2D eigenvalue weighted by atomic mass is 10.1. The van der Waals surface area contributed by atoms with Crippen molar-refractivity contribution in [1.82, 2.24) is 5.32 Å². The van der Waals surface area contributed by atoms with Crippen molar-refractivity contribution in [3.05, 3.63) is 29.3 Å². The topological polar surface area (TPSA) is 84.9 Å². The second-order valence-corrected chi connectivity index (χ2v) is 4.81. The van der Waals surface area contributed by atoms with E-state index in [-0.39, 0.29) is 18.9 Å². The standard InChI is InChI=1S/C15H17NO5/c1-9(6-13(17)18)16-15(19)11-7-10-4-3-5-12(20-2)14(10)21-8-11/h3-5,7,9H,6,8H2,1-2H3,(H,16,19)(H,17,18). The van der Waals surface area contributed by atoms with Gasteiger partial charge >= 0.3 is 5.97 Å². The van der Waals surface area contributed by atoms with Crippen LogP contribution in [0, 0.1) is 0 Å². The summed E-state index contributed by atoms with van der Waals surface area (Å²) >= 11 is 0. The monoisotopic (exact) mass is 291 g/mol. The van der Waals surface area contributed by atoms with Crippen molar-refractivity contribution in [3.8, 4) is 11.5 Å². The van der Waals surface area contributed by atoms with E-state index >= 15 is 0 Å². The van der Waals surface area contributed by atoms with Gasteiger partial charge in [0, 0.05) is 11.6 Å². The molecule has 6 heteroatoms. The Labute approximate surface area is 122 Å². The summed E-state index contributed by atoms with van der Waals surface area (Å²) < 4.78 is 10.8. The number of fused-ring (bicyclic) bond motifs is 1. The lowest BCUT2D eigenvalue weighted by molar-refractivity contribution is -0.137. The number of ether oxygens (including phenoxy) is 2. The Morgan fingerprint density at radius 2 is 2.24 bits per heavy atom. The second-order valence-electron chi connectivity index (χ2n) is 4.81. The number of carboxylic acid groups (broad SMARTS) is 1. The number of methoxy groups -OCH3 is 1. The third kappa shape index (κ3) is 3.53. The second kappa shape index (κ2) is 6.30. The molecule has 0 aliphatic carbocycles. The lowest BCUT2D eigenvalue weighted by Crippen LogP contribution is -2.36. The zero-order chi connectivity index (χ0) is 15.4. The summed E-state index contributed by atoms with van der Waals surface area (Å²) in [5.41, 5.74) is 1.21. The Morgan fingerprint density at radius 1 is 1.48 bits per heavy atom. The Morgan fingerprint density at radius 3 is 2.90 bits per heavy atom. The third-order valence-electron chi connectivity index (χ3n) is 3.08. The van der Waals surface area contributed by atoms with Crippen LogP contribution < -0.4 is 14.8 Å². The van der Waals surface area contributed by atoms with E-state index in [2.05, 4.69) is 5.32 Å². The van der Waals surface area contributed by atoms with Crippen molar-refractivity contribution >= 4 is 18.0 Å². The molecule has 2 rings (SSSR count). The largest absolute Gasteiger partial charge is 0.493 e. The first kappa shape index (κ1) is 14.9. The summed E-state index contributed by atoms with van der Waals surface area (Å²) in [6.07, 6.45) is 1.61. The van der Waals surface area contributed by atoms with E-state index < -0.39 is 12.0 Å². The molecule has 1 aliphatic rings. The van der Waals surface area contributed by atoms with Gasteiger partial charge in [0.05, 0.1) is 19.1 Å². The summed E-state index contributed by atoms with van der Waals surface area (Å²) in [6, 6.07) is 4.98. The van der Waals surface area contributed by atoms with Crippen LogP contribution in [0.3, 0.4) is 0 Å². The Hall–Kier alpha value is -2.50. The third-order valence-corrected chi connectivity index (χ3v) is 3.08. The number of carbonyl (C=O) groups excluding carboxylic acids is 1. The van der Waals surface area contributed by atoms with Crippen LogP contribution in [0.25, 0.3) is 6.08 Å². The van der Waals surface area contributed by atoms with Crippen molar-refractivity contribution in [2.45, 2.75) is 19.4 Å². The first-order valence-electron chi connectivity index (χ1n) is 6.54. The van der Waals surface area contributed by atoms with Crippen molar-refractivity contribution in [1.29, 1.82) is 0 Å². The van der Waals surface area contributed by atoms with Gasteiger partial charge in [-0.25, -0.2) is 0 Å². The molecule has 0 spiro atoms. The number of carbonyl (C=O) groups is 2. The fraction of sp³-hybridized carbons (Fsp3) is 0.333. The molecule has 1 heterocycles. The predicted octanol–water partition coefficient (Wildman–Crippen LogP) is 1.45. The molecule has 2 N–H and O–H groups in total. The van der Waals surface area contributed by atoms with E-state index in [9.17, 15) is 9.59 Å². The molecule has 1 aliphatic heterocycles. The molecular weight excluding hydrogens is 274 g/mol. The Bertz CT molecular complexity index is 594. The smallest absolute Gasteiger partial charge is 0.305 e. The average molecular weight is 291 g/mol. The zero-order valence-corrected chi connectivity index (χ0v) is 11.9. The summed E-state index contributed by atoms with van der Waals surface area (Å²) in [5, 5.41) is 11.3. The Kier molecular flexibility index (Phi) is 4.47. The molecular formula is C15H17NO5. The maximum atomic E-state index is 12.1. The number of carboxylic acids is 1. The van der Waals surface area contributed by atoms with Crippen molar-refractivity contribution in [2.24, 2.45) is 0 Å². The highest BCUT2D eigenvalue weighted by Crippen LogP contribution is 2.35. The molecule has 21 heavy (non-hydrogen) atoms. The van der Waals surface area contributed by atoms with Gasteiger partial charge in [-0.2, -0.15) is 0 Å². The molecule has 6 nitrogen and oxygen atoms in total. The normalized spacial score (nSPS) is 14.3. The van der Waals surface area contributed by atoms with Gasteiger partial charge in [0.2, 0.25) is 0 Å². The minimum atomic E-state index is -0.952. The van der Waals surface area contributed by atoms with Gasteiger partial charge < -0.3 is 19.9 Å². The van der Waals surface area contributed by atoms with Crippen LogP contribution in [0.2, 0.25) is 0 Å². The molecule has 1 aromatic carbocycles. The Balaban J connectivity index is 2.13. The average Bonchev–Trinajstić information content (AvgIpc) is 2.44. The van der Waals surface area contributed by atoms with Gasteiger partial charge in [-0.1, -0.05) is 12.1 Å². The van der Waals surface area contributed by atoms with Crippen molar-refractivity contribution < 1.29 is 24.2 Å². The number of para-hydroxylation sites is 1. The SMILES string of the molecule is COc1cccc2c1OCC(C(=O)NC(C)CC(=O)O)=C2. The first-order valence-corrected chi connectivity index (χ1v) is 6.54. The molecule has 1 atom stereocenters. The summed E-state index contributed by atoms with van der Waals surface area (Å²) in [4.78, 5) is 22.7. The summed E-state index contributed by atoms with van der Waals surface area (Å²) in [7, 11) is 1.55. The van der Waals surface area contributed by atoms with Crippen LogP contribution in [0.15, 0.2) is 23.8 Å². The maximum Gasteiger partial charge on any atom is 0.305 e. The molecule has 0 fully saturated rings. The molecule has 0 aromatic heterocycles. The molecule has 1 amide bonds. The van der Waals surface area contributed by atoms with E-state index in [4.69, 9.17) is 14.6 Å². The number of nitrogens with one attached hydrogen (secondary N) is 1. The van der Waals surface area contributed by atoms with Crippen LogP contribution in [0.1, 0.15) is 18.9 Å². The fourth-order valence-electron chi connectivity index (χ4n) is 2.10. The quantitative estimate of drug-likeness (QED) is 0.857. The number of aliphatic carboxylic acids is 1. The number of hydrogen-bond acceptors (Lipinski definition) is 4. The van der Waals surface area contributed by atoms with Crippen LogP contribution in [-0.4, -0.2) is 36.7 Å². The number of hydrogen-bond donors (Lipinski definition) is 2. The highest BCUT2D eigenvalue weighted by Gasteiger charge is 2.21. The summed E-state index contributed by atoms with van der Waals surface area (Å²) in [6.45, 7) is 1.77. The van der Waals surface area contributed by atoms with E-state index in [0.717, 1.165) is 5.56 Å². The van der Waals surface area contributed by atoms with E-state index in [1.165, 1.54) is 0 Å². The van der Waals surface area contributed by atoms with Gasteiger partial charge in [0.25, 0.3) is 5.91 Å². The fourth-order valence-corrected chi connectivity index (χ4v) is 2.10. The first-order chi connectivity index (χ1) is 10.0. The minimum Gasteiger partial charge on any atom is -0.493 e. The van der Waals surface area contributed by atoms with E-state index in [1.807, 2.05) is 12.1 Å². The van der Waals surface area contributed by atoms with E-state index in [1.54, 1.807) is 26.2 Å². The molecule has 1 unspecified atom stereocenters. The molecule has 1 aromatic rings. The van der Waals surface area contributed by atoms with Gasteiger partial charge in [-0.15, -0.1) is 0 Å². The van der Waals surface area contributed by atoms with Gasteiger partial charge in [0.1, 0.15) is 6.61 Å². The van der Waals surface area contributed by atoms with Crippen molar-refractivity contribution in [2.75, 3.05) is 13.7 Å². The molecule has 0 bridgehead atoms. The number of rotatable bonds is 5. The van der Waals surface area contributed by atoms with Gasteiger partial charge in [-0.05, 0) is 19.1 Å². The van der Waals surface area contributed by atoms with Crippen LogP contribution in [0.4, 0.5) is 0 Å². The maximum absolute atomic E-state index is 12.1. The molecule has 0 radical (unpaired) electrons. The summed E-state index contributed by atoms with van der Waals surface area (Å²) in [5.74, 6) is -0.0541. The molecule has 0 saturated heterocycles. The highest BCUT2D eigenvalue weighted by atomic mass is 16.5. The molecule has 0 saturated carbocycles.